The highest BCUT2D eigenvalue weighted by atomic mass is 16.1. The number of hydrogen-bond donors (Lipinski definition) is 1. The minimum Gasteiger partial charge on any atom is -0.356 e. The molecule has 0 fully saturated rings. The monoisotopic (exact) mass is 297 g/mol. The molecule has 0 bridgehead atoms. The van der Waals surface area contributed by atoms with Crippen molar-refractivity contribution in [3.05, 3.63) is 0 Å². The van der Waals surface area contributed by atoms with E-state index in [0.717, 1.165) is 19.4 Å². The number of amides is 1. The van der Waals surface area contributed by atoms with Gasteiger partial charge in [-0.3, -0.25) is 4.79 Å². The largest absolute Gasteiger partial charge is 0.356 e. The average molecular weight is 298 g/mol. The molecule has 0 aromatic heterocycles. The lowest BCUT2D eigenvalue weighted by Crippen LogP contribution is -2.25. The molecule has 0 saturated carbocycles. The van der Waals surface area contributed by atoms with Crippen LogP contribution in [0.25, 0.3) is 0 Å². The maximum atomic E-state index is 11.6. The molecular weight excluding hydrogens is 258 g/mol. The van der Waals surface area contributed by atoms with E-state index in [1.54, 1.807) is 0 Å². The summed E-state index contributed by atoms with van der Waals surface area (Å²) in [6.07, 6.45) is 15.1. The van der Waals surface area contributed by atoms with Gasteiger partial charge in [-0.15, -0.1) is 0 Å². The first-order valence-corrected chi connectivity index (χ1v) is 9.22. The van der Waals surface area contributed by atoms with E-state index in [1.807, 2.05) is 0 Å². The van der Waals surface area contributed by atoms with Gasteiger partial charge in [0.2, 0.25) is 5.91 Å². The van der Waals surface area contributed by atoms with E-state index in [0.29, 0.717) is 6.42 Å². The molecule has 0 aliphatic carbocycles. The minimum absolute atomic E-state index is 0.223. The van der Waals surface area contributed by atoms with Gasteiger partial charge in [0.1, 0.15) is 0 Å². The van der Waals surface area contributed by atoms with E-state index in [9.17, 15) is 4.79 Å². The second-order valence-corrected chi connectivity index (χ2v) is 7.59. The van der Waals surface area contributed by atoms with Crippen LogP contribution >= 0.6 is 0 Å². The normalized spacial score (nSPS) is 11.6. The van der Waals surface area contributed by atoms with E-state index < -0.39 is 0 Å². The van der Waals surface area contributed by atoms with Gasteiger partial charge >= 0.3 is 0 Å². The highest BCUT2D eigenvalue weighted by molar-refractivity contribution is 5.75. The molecule has 0 heterocycles. The summed E-state index contributed by atoms with van der Waals surface area (Å²) in [6.45, 7) is 9.68. The topological polar surface area (TPSA) is 29.1 Å². The predicted molar refractivity (Wildman–Crippen MR) is 93.5 cm³/mol. The lowest BCUT2D eigenvalue weighted by Gasteiger charge is -2.17. The van der Waals surface area contributed by atoms with Crippen LogP contribution in [0.1, 0.15) is 105 Å². The van der Waals surface area contributed by atoms with Gasteiger partial charge in [0, 0.05) is 13.0 Å². The third-order valence-electron chi connectivity index (χ3n) is 3.95. The Morgan fingerprint density at radius 1 is 0.810 bits per heavy atom. The first-order chi connectivity index (χ1) is 9.95. The summed E-state index contributed by atoms with van der Waals surface area (Å²) >= 11 is 0. The molecule has 0 aromatic carbocycles. The van der Waals surface area contributed by atoms with Gasteiger partial charge in [-0.25, -0.2) is 0 Å². The van der Waals surface area contributed by atoms with Gasteiger partial charge in [-0.2, -0.15) is 0 Å². The predicted octanol–water partition coefficient (Wildman–Crippen LogP) is 5.85. The minimum atomic E-state index is 0.223. The average Bonchev–Trinajstić information content (AvgIpc) is 2.42. The first kappa shape index (κ1) is 20.5. The van der Waals surface area contributed by atoms with Crippen LogP contribution in [0.15, 0.2) is 0 Å². The van der Waals surface area contributed by atoms with Crippen molar-refractivity contribution < 1.29 is 4.79 Å². The number of carbonyl (C=O) groups is 1. The van der Waals surface area contributed by atoms with Crippen LogP contribution in [0.5, 0.6) is 0 Å². The third-order valence-corrected chi connectivity index (χ3v) is 3.95. The Hall–Kier alpha value is -0.530. The molecule has 0 saturated heterocycles. The van der Waals surface area contributed by atoms with Gasteiger partial charge in [0.25, 0.3) is 0 Å². The SMILES string of the molecule is CCCCCCCCCCCCNC(=O)CCC(C)(C)C. The molecule has 0 aliphatic heterocycles. The molecule has 0 aliphatic rings. The van der Waals surface area contributed by atoms with Crippen molar-refractivity contribution in [3.63, 3.8) is 0 Å². The smallest absolute Gasteiger partial charge is 0.220 e. The number of carbonyl (C=O) groups excluding carboxylic acids is 1. The molecule has 1 amide bonds. The van der Waals surface area contributed by atoms with Crippen molar-refractivity contribution >= 4 is 5.91 Å². The van der Waals surface area contributed by atoms with Gasteiger partial charge < -0.3 is 5.32 Å². The number of rotatable bonds is 13. The fourth-order valence-electron chi connectivity index (χ4n) is 2.42. The highest BCUT2D eigenvalue weighted by Gasteiger charge is 2.12. The van der Waals surface area contributed by atoms with Crippen LogP contribution in [0.3, 0.4) is 0 Å². The lowest BCUT2D eigenvalue weighted by molar-refractivity contribution is -0.121. The Balaban J connectivity index is 3.20. The van der Waals surface area contributed by atoms with Crippen LogP contribution in [-0.2, 0) is 4.79 Å². The quantitative estimate of drug-likeness (QED) is 0.424. The van der Waals surface area contributed by atoms with Gasteiger partial charge in [-0.1, -0.05) is 85.5 Å². The zero-order chi connectivity index (χ0) is 16.0. The summed E-state index contributed by atoms with van der Waals surface area (Å²) in [6, 6.07) is 0. The number of hydrogen-bond acceptors (Lipinski definition) is 1. The van der Waals surface area contributed by atoms with Crippen molar-refractivity contribution in [2.45, 2.75) is 105 Å². The number of unbranched alkanes of at least 4 members (excludes halogenated alkanes) is 9. The Bertz CT molecular complexity index is 242. The molecular formula is C19H39NO. The molecule has 126 valence electrons. The maximum absolute atomic E-state index is 11.6. The lowest BCUT2D eigenvalue weighted by atomic mass is 9.90. The van der Waals surface area contributed by atoms with Gasteiger partial charge in [-0.05, 0) is 18.3 Å². The van der Waals surface area contributed by atoms with E-state index in [-0.39, 0.29) is 11.3 Å². The Kier molecular flexibility index (Phi) is 12.8. The first-order valence-electron chi connectivity index (χ1n) is 9.22. The van der Waals surface area contributed by atoms with Crippen molar-refractivity contribution in [2.75, 3.05) is 6.54 Å². The summed E-state index contributed by atoms with van der Waals surface area (Å²) < 4.78 is 0. The molecule has 2 nitrogen and oxygen atoms in total. The van der Waals surface area contributed by atoms with Gasteiger partial charge in [0.15, 0.2) is 0 Å². The Labute approximate surface area is 133 Å². The molecule has 0 aromatic rings. The van der Waals surface area contributed by atoms with Gasteiger partial charge in [0.05, 0.1) is 0 Å². The Morgan fingerprint density at radius 2 is 1.29 bits per heavy atom. The van der Waals surface area contributed by atoms with E-state index in [4.69, 9.17) is 0 Å². The van der Waals surface area contributed by atoms with Crippen LogP contribution in [-0.4, -0.2) is 12.5 Å². The highest BCUT2D eigenvalue weighted by Crippen LogP contribution is 2.20. The Morgan fingerprint density at radius 3 is 1.76 bits per heavy atom. The molecule has 0 spiro atoms. The second kappa shape index (κ2) is 13.2. The van der Waals surface area contributed by atoms with Crippen LogP contribution in [0.4, 0.5) is 0 Å². The van der Waals surface area contributed by atoms with Crippen molar-refractivity contribution in [2.24, 2.45) is 5.41 Å². The fourth-order valence-corrected chi connectivity index (χ4v) is 2.42. The second-order valence-electron chi connectivity index (χ2n) is 7.59. The summed E-state index contributed by atoms with van der Waals surface area (Å²) in [7, 11) is 0. The fraction of sp³-hybridized carbons (Fsp3) is 0.947. The van der Waals surface area contributed by atoms with E-state index in [1.165, 1.54) is 57.8 Å². The van der Waals surface area contributed by atoms with Crippen LogP contribution < -0.4 is 5.32 Å². The maximum Gasteiger partial charge on any atom is 0.220 e. The molecule has 0 rings (SSSR count). The molecule has 21 heavy (non-hydrogen) atoms. The summed E-state index contributed by atoms with van der Waals surface area (Å²) in [5.74, 6) is 0.223. The molecule has 0 atom stereocenters. The van der Waals surface area contributed by atoms with Crippen LogP contribution in [0.2, 0.25) is 0 Å². The summed E-state index contributed by atoms with van der Waals surface area (Å²) in [5, 5.41) is 3.04. The summed E-state index contributed by atoms with van der Waals surface area (Å²) in [5.41, 5.74) is 0.258. The van der Waals surface area contributed by atoms with Crippen molar-refractivity contribution in [3.8, 4) is 0 Å². The molecule has 1 N–H and O–H groups in total. The molecule has 0 radical (unpaired) electrons. The molecule has 2 heteroatoms. The standard InChI is InChI=1S/C19H39NO/c1-5-6-7-8-9-10-11-12-13-14-17-20-18(21)15-16-19(2,3)4/h5-17H2,1-4H3,(H,20,21). The summed E-state index contributed by atoms with van der Waals surface area (Å²) in [4.78, 5) is 11.6. The molecule has 0 unspecified atom stereocenters. The zero-order valence-corrected chi connectivity index (χ0v) is 15.1. The van der Waals surface area contributed by atoms with E-state index >= 15 is 0 Å². The van der Waals surface area contributed by atoms with Crippen molar-refractivity contribution in [1.29, 1.82) is 0 Å². The zero-order valence-electron chi connectivity index (χ0n) is 15.1. The van der Waals surface area contributed by atoms with Crippen molar-refractivity contribution in [1.82, 2.24) is 5.32 Å². The van der Waals surface area contributed by atoms with E-state index in [2.05, 4.69) is 33.0 Å². The van der Waals surface area contributed by atoms with Crippen LogP contribution in [0, 0.1) is 5.41 Å². The number of nitrogens with one attached hydrogen (secondary N) is 1. The third kappa shape index (κ3) is 17.4.